The van der Waals surface area contributed by atoms with E-state index in [1.165, 1.54) is 10.7 Å². The van der Waals surface area contributed by atoms with Crippen molar-refractivity contribution in [1.82, 2.24) is 9.78 Å². The summed E-state index contributed by atoms with van der Waals surface area (Å²) in [4.78, 5) is 0. The summed E-state index contributed by atoms with van der Waals surface area (Å²) in [7, 11) is 1.72. The third kappa shape index (κ3) is 1.74. The van der Waals surface area contributed by atoms with Crippen LogP contribution in [0.2, 0.25) is 0 Å². The molecular formula is C10H9BrFN3. The van der Waals surface area contributed by atoms with Crippen molar-refractivity contribution in [2.45, 2.75) is 0 Å². The molecule has 1 heterocycles. The van der Waals surface area contributed by atoms with E-state index in [-0.39, 0.29) is 5.82 Å². The van der Waals surface area contributed by atoms with Crippen LogP contribution in [-0.4, -0.2) is 9.78 Å². The Kier molecular flexibility index (Phi) is 2.48. The molecule has 0 saturated carbocycles. The first-order valence-corrected chi connectivity index (χ1v) is 5.12. The van der Waals surface area contributed by atoms with Crippen molar-refractivity contribution in [3.8, 4) is 11.1 Å². The van der Waals surface area contributed by atoms with Gasteiger partial charge in [0.05, 0.1) is 6.20 Å². The molecule has 3 nitrogen and oxygen atoms in total. The van der Waals surface area contributed by atoms with Crippen LogP contribution in [0.15, 0.2) is 28.9 Å². The number of benzene rings is 1. The second-order valence-electron chi connectivity index (χ2n) is 3.19. The number of aromatic nitrogens is 2. The average Bonchev–Trinajstić information content (AvgIpc) is 2.49. The Hall–Kier alpha value is -1.36. The lowest BCUT2D eigenvalue weighted by atomic mass is 10.1. The quantitative estimate of drug-likeness (QED) is 0.865. The topological polar surface area (TPSA) is 43.8 Å². The van der Waals surface area contributed by atoms with Gasteiger partial charge in [0.25, 0.3) is 0 Å². The lowest BCUT2D eigenvalue weighted by Crippen LogP contribution is -1.98. The van der Waals surface area contributed by atoms with Crippen molar-refractivity contribution in [2.75, 3.05) is 5.73 Å². The van der Waals surface area contributed by atoms with Gasteiger partial charge in [-0.2, -0.15) is 5.10 Å². The SMILES string of the molecule is Cn1ncc(-c2ccc(Br)cc2F)c1N. The van der Waals surface area contributed by atoms with Crippen LogP contribution in [0.3, 0.4) is 0 Å². The molecule has 0 fully saturated rings. The van der Waals surface area contributed by atoms with Crippen molar-refractivity contribution in [2.24, 2.45) is 7.05 Å². The smallest absolute Gasteiger partial charge is 0.132 e. The van der Waals surface area contributed by atoms with Gasteiger partial charge in [-0.15, -0.1) is 0 Å². The van der Waals surface area contributed by atoms with Gasteiger partial charge < -0.3 is 5.73 Å². The molecule has 5 heteroatoms. The zero-order valence-electron chi connectivity index (χ0n) is 8.04. The van der Waals surface area contributed by atoms with Crippen LogP contribution in [0.4, 0.5) is 10.2 Å². The molecule has 0 saturated heterocycles. The van der Waals surface area contributed by atoms with Gasteiger partial charge in [0.1, 0.15) is 11.6 Å². The molecule has 2 rings (SSSR count). The molecule has 78 valence electrons. The lowest BCUT2D eigenvalue weighted by molar-refractivity contribution is 0.630. The Labute approximate surface area is 94.8 Å². The van der Waals surface area contributed by atoms with Crippen LogP contribution in [0.5, 0.6) is 0 Å². The predicted molar refractivity (Wildman–Crippen MR) is 60.7 cm³/mol. The lowest BCUT2D eigenvalue weighted by Gasteiger charge is -2.02. The van der Waals surface area contributed by atoms with Crippen LogP contribution in [0.25, 0.3) is 11.1 Å². The summed E-state index contributed by atoms with van der Waals surface area (Å²) >= 11 is 3.20. The first kappa shape index (κ1) is 10.2. The van der Waals surface area contributed by atoms with E-state index in [0.29, 0.717) is 21.4 Å². The molecule has 1 aromatic carbocycles. The highest BCUT2D eigenvalue weighted by molar-refractivity contribution is 9.10. The number of nitrogens with two attached hydrogens (primary N) is 1. The van der Waals surface area contributed by atoms with Crippen LogP contribution >= 0.6 is 15.9 Å². The fraction of sp³-hybridized carbons (Fsp3) is 0.100. The summed E-state index contributed by atoms with van der Waals surface area (Å²) in [5, 5.41) is 3.97. The molecule has 0 bridgehead atoms. The number of nitrogens with zero attached hydrogens (tertiary/aromatic N) is 2. The van der Waals surface area contributed by atoms with Gasteiger partial charge in [-0.25, -0.2) is 4.39 Å². The number of hydrogen-bond donors (Lipinski definition) is 1. The molecule has 0 aliphatic heterocycles. The van der Waals surface area contributed by atoms with E-state index in [4.69, 9.17) is 5.73 Å². The Morgan fingerprint density at radius 2 is 2.13 bits per heavy atom. The predicted octanol–water partition coefficient (Wildman–Crippen LogP) is 2.57. The van der Waals surface area contributed by atoms with E-state index in [9.17, 15) is 4.39 Å². The second kappa shape index (κ2) is 3.66. The van der Waals surface area contributed by atoms with Crippen LogP contribution in [0.1, 0.15) is 0 Å². The Morgan fingerprint density at radius 3 is 2.67 bits per heavy atom. The first-order valence-electron chi connectivity index (χ1n) is 4.32. The fourth-order valence-corrected chi connectivity index (χ4v) is 1.70. The minimum atomic E-state index is -0.316. The summed E-state index contributed by atoms with van der Waals surface area (Å²) in [5.74, 6) is 0.139. The van der Waals surface area contributed by atoms with Gasteiger partial charge in [-0.3, -0.25) is 4.68 Å². The van der Waals surface area contributed by atoms with Crippen LogP contribution in [0, 0.1) is 5.82 Å². The normalized spacial score (nSPS) is 10.6. The maximum absolute atomic E-state index is 13.6. The number of rotatable bonds is 1. The van der Waals surface area contributed by atoms with Crippen molar-refractivity contribution in [3.63, 3.8) is 0 Å². The number of nitrogen functional groups attached to an aromatic ring is 1. The molecular weight excluding hydrogens is 261 g/mol. The average molecular weight is 270 g/mol. The van der Waals surface area contributed by atoms with Crippen molar-refractivity contribution in [3.05, 3.63) is 34.7 Å². The summed E-state index contributed by atoms with van der Waals surface area (Å²) in [6, 6.07) is 4.85. The van der Waals surface area contributed by atoms with Gasteiger partial charge in [0.15, 0.2) is 0 Å². The fourth-order valence-electron chi connectivity index (χ4n) is 1.36. The van der Waals surface area contributed by atoms with Crippen LogP contribution < -0.4 is 5.73 Å². The van der Waals surface area contributed by atoms with E-state index < -0.39 is 0 Å². The third-order valence-corrected chi connectivity index (χ3v) is 2.70. The molecule has 0 amide bonds. The Balaban J connectivity index is 2.59. The van der Waals surface area contributed by atoms with Crippen molar-refractivity contribution >= 4 is 21.7 Å². The summed E-state index contributed by atoms with van der Waals surface area (Å²) in [6.45, 7) is 0. The Bertz CT molecular complexity index is 507. The first-order chi connectivity index (χ1) is 7.09. The van der Waals surface area contributed by atoms with E-state index in [1.807, 2.05) is 0 Å². The standard InChI is InChI=1S/C10H9BrFN3/c1-15-10(13)8(5-14-15)7-3-2-6(11)4-9(7)12/h2-5H,13H2,1H3. The van der Waals surface area contributed by atoms with E-state index >= 15 is 0 Å². The molecule has 0 spiro atoms. The van der Waals surface area contributed by atoms with E-state index in [0.717, 1.165) is 0 Å². The van der Waals surface area contributed by atoms with Gasteiger partial charge in [0, 0.05) is 22.6 Å². The molecule has 15 heavy (non-hydrogen) atoms. The molecule has 2 aromatic rings. The number of hydrogen-bond acceptors (Lipinski definition) is 2. The molecule has 0 aliphatic rings. The summed E-state index contributed by atoms with van der Waals surface area (Å²) < 4.78 is 15.8. The van der Waals surface area contributed by atoms with Gasteiger partial charge in [0.2, 0.25) is 0 Å². The maximum Gasteiger partial charge on any atom is 0.132 e. The molecule has 2 N–H and O–H groups in total. The van der Waals surface area contributed by atoms with Crippen molar-refractivity contribution < 1.29 is 4.39 Å². The minimum Gasteiger partial charge on any atom is -0.383 e. The summed E-state index contributed by atoms with van der Waals surface area (Å²) in [6.07, 6.45) is 1.56. The monoisotopic (exact) mass is 269 g/mol. The van der Waals surface area contributed by atoms with Gasteiger partial charge >= 0.3 is 0 Å². The minimum absolute atomic E-state index is 0.316. The zero-order valence-corrected chi connectivity index (χ0v) is 9.62. The van der Waals surface area contributed by atoms with E-state index in [2.05, 4.69) is 21.0 Å². The molecule has 0 atom stereocenters. The molecule has 0 aliphatic carbocycles. The largest absolute Gasteiger partial charge is 0.383 e. The highest BCUT2D eigenvalue weighted by atomic mass is 79.9. The Morgan fingerprint density at radius 1 is 1.40 bits per heavy atom. The third-order valence-electron chi connectivity index (χ3n) is 2.21. The molecule has 0 unspecified atom stereocenters. The second-order valence-corrected chi connectivity index (χ2v) is 4.11. The van der Waals surface area contributed by atoms with Gasteiger partial charge in [-0.1, -0.05) is 22.0 Å². The highest BCUT2D eigenvalue weighted by Gasteiger charge is 2.11. The maximum atomic E-state index is 13.6. The molecule has 0 radical (unpaired) electrons. The van der Waals surface area contributed by atoms with Gasteiger partial charge in [-0.05, 0) is 12.1 Å². The van der Waals surface area contributed by atoms with E-state index in [1.54, 1.807) is 25.4 Å². The van der Waals surface area contributed by atoms with Crippen molar-refractivity contribution in [1.29, 1.82) is 0 Å². The zero-order chi connectivity index (χ0) is 11.0. The highest BCUT2D eigenvalue weighted by Crippen LogP contribution is 2.29. The van der Waals surface area contributed by atoms with Crippen LogP contribution in [-0.2, 0) is 7.05 Å². The summed E-state index contributed by atoms with van der Waals surface area (Å²) in [5.41, 5.74) is 6.84. The number of aryl methyl sites for hydroxylation is 1. The molecule has 1 aromatic heterocycles. The number of halogens is 2. The number of anilines is 1.